The number of benzene rings is 1. The van der Waals surface area contributed by atoms with E-state index < -0.39 is 0 Å². The molecule has 102 valence electrons. The Kier molecular flexibility index (Phi) is 3.97. The fourth-order valence-electron chi connectivity index (χ4n) is 2.54. The minimum atomic E-state index is 0.134. The van der Waals surface area contributed by atoms with Crippen molar-refractivity contribution in [2.75, 3.05) is 6.54 Å². The molecule has 3 heteroatoms. The lowest BCUT2D eigenvalue weighted by Gasteiger charge is -2.20. The van der Waals surface area contributed by atoms with E-state index in [4.69, 9.17) is 0 Å². The summed E-state index contributed by atoms with van der Waals surface area (Å²) in [5.74, 6) is 0.134. The first-order valence-electron chi connectivity index (χ1n) is 6.90. The van der Waals surface area contributed by atoms with Crippen LogP contribution in [-0.4, -0.2) is 17.2 Å². The van der Waals surface area contributed by atoms with Crippen LogP contribution in [0.3, 0.4) is 0 Å². The molecule has 1 aromatic heterocycles. The normalized spacial score (nSPS) is 16.8. The van der Waals surface area contributed by atoms with Crippen molar-refractivity contribution in [1.82, 2.24) is 4.90 Å². The Morgan fingerprint density at radius 3 is 2.80 bits per heavy atom. The molecule has 20 heavy (non-hydrogen) atoms. The van der Waals surface area contributed by atoms with E-state index in [0.717, 1.165) is 30.8 Å². The van der Waals surface area contributed by atoms with E-state index in [-0.39, 0.29) is 5.78 Å². The van der Waals surface area contributed by atoms with Gasteiger partial charge in [-0.05, 0) is 29.9 Å². The monoisotopic (exact) mass is 283 g/mol. The van der Waals surface area contributed by atoms with Crippen molar-refractivity contribution >= 4 is 17.1 Å². The van der Waals surface area contributed by atoms with Gasteiger partial charge >= 0.3 is 0 Å². The van der Waals surface area contributed by atoms with Gasteiger partial charge in [-0.3, -0.25) is 4.79 Å². The average Bonchev–Trinajstić information content (AvgIpc) is 3.12. The second-order valence-electron chi connectivity index (χ2n) is 4.99. The molecule has 1 aromatic carbocycles. The first kappa shape index (κ1) is 13.1. The van der Waals surface area contributed by atoms with Gasteiger partial charge in [-0.15, -0.1) is 11.3 Å². The zero-order valence-electron chi connectivity index (χ0n) is 11.3. The molecule has 3 rings (SSSR count). The summed E-state index contributed by atoms with van der Waals surface area (Å²) < 4.78 is 0. The topological polar surface area (TPSA) is 20.3 Å². The Morgan fingerprint density at radius 2 is 2.05 bits per heavy atom. The van der Waals surface area contributed by atoms with E-state index in [1.807, 2.05) is 29.7 Å². The first-order chi connectivity index (χ1) is 9.83. The van der Waals surface area contributed by atoms with Gasteiger partial charge in [-0.25, -0.2) is 0 Å². The standard InChI is InChI=1S/C17H17NOS/c19-16(17-9-5-11-20-17)12-15-8-4-10-18(15)13-14-6-2-1-3-7-14/h1-3,5-7,9,11-12H,4,8,10,13H2/b15-12+. The highest BCUT2D eigenvalue weighted by molar-refractivity contribution is 7.12. The van der Waals surface area contributed by atoms with Crippen LogP contribution in [0.15, 0.2) is 59.6 Å². The third-order valence-corrected chi connectivity index (χ3v) is 4.43. The molecule has 2 heterocycles. The maximum absolute atomic E-state index is 12.2. The van der Waals surface area contributed by atoms with E-state index in [1.165, 1.54) is 22.6 Å². The van der Waals surface area contributed by atoms with Gasteiger partial charge in [0.1, 0.15) is 0 Å². The molecule has 2 nitrogen and oxygen atoms in total. The molecule has 0 atom stereocenters. The molecule has 0 spiro atoms. The van der Waals surface area contributed by atoms with Gasteiger partial charge in [0.2, 0.25) is 0 Å². The zero-order chi connectivity index (χ0) is 13.8. The molecular weight excluding hydrogens is 266 g/mol. The highest BCUT2D eigenvalue weighted by Gasteiger charge is 2.18. The summed E-state index contributed by atoms with van der Waals surface area (Å²) in [5.41, 5.74) is 2.47. The van der Waals surface area contributed by atoms with Crippen LogP contribution in [0.2, 0.25) is 0 Å². The highest BCUT2D eigenvalue weighted by Crippen LogP contribution is 2.24. The third-order valence-electron chi connectivity index (χ3n) is 3.55. The van der Waals surface area contributed by atoms with Crippen LogP contribution in [0.25, 0.3) is 0 Å². The van der Waals surface area contributed by atoms with Crippen molar-refractivity contribution in [3.63, 3.8) is 0 Å². The smallest absolute Gasteiger partial charge is 0.197 e. The second-order valence-corrected chi connectivity index (χ2v) is 5.94. The van der Waals surface area contributed by atoms with Gasteiger partial charge in [0.25, 0.3) is 0 Å². The van der Waals surface area contributed by atoms with E-state index in [9.17, 15) is 4.79 Å². The van der Waals surface area contributed by atoms with Crippen LogP contribution in [-0.2, 0) is 6.54 Å². The van der Waals surface area contributed by atoms with Gasteiger partial charge in [0.05, 0.1) is 4.88 Å². The average molecular weight is 283 g/mol. The van der Waals surface area contributed by atoms with Crippen molar-refractivity contribution in [2.45, 2.75) is 19.4 Å². The number of likely N-dealkylation sites (tertiary alicyclic amines) is 1. The Morgan fingerprint density at radius 1 is 1.20 bits per heavy atom. The molecule has 0 unspecified atom stereocenters. The summed E-state index contributed by atoms with van der Waals surface area (Å²) in [6.45, 7) is 1.93. The van der Waals surface area contributed by atoms with Crippen molar-refractivity contribution < 1.29 is 4.79 Å². The molecule has 1 fully saturated rings. The minimum absolute atomic E-state index is 0.134. The predicted molar refractivity (Wildman–Crippen MR) is 82.8 cm³/mol. The van der Waals surface area contributed by atoms with Crippen molar-refractivity contribution in [3.05, 3.63) is 70.1 Å². The SMILES string of the molecule is O=C(/C=C1\CCCN1Cc1ccccc1)c1cccs1. The van der Waals surface area contributed by atoms with Crippen molar-refractivity contribution in [3.8, 4) is 0 Å². The largest absolute Gasteiger partial charge is 0.370 e. The van der Waals surface area contributed by atoms with Crippen LogP contribution < -0.4 is 0 Å². The van der Waals surface area contributed by atoms with Crippen LogP contribution >= 0.6 is 11.3 Å². The van der Waals surface area contributed by atoms with E-state index >= 15 is 0 Å². The van der Waals surface area contributed by atoms with Gasteiger partial charge in [-0.1, -0.05) is 36.4 Å². The molecule has 1 aliphatic rings. The Labute approximate surface area is 123 Å². The molecule has 0 radical (unpaired) electrons. The van der Waals surface area contributed by atoms with Crippen molar-refractivity contribution in [1.29, 1.82) is 0 Å². The highest BCUT2D eigenvalue weighted by atomic mass is 32.1. The van der Waals surface area contributed by atoms with E-state index in [2.05, 4.69) is 29.2 Å². The molecule has 2 aromatic rings. The maximum atomic E-state index is 12.2. The molecule has 1 saturated heterocycles. The Hall–Kier alpha value is -1.87. The lowest BCUT2D eigenvalue weighted by atomic mass is 10.2. The molecule has 0 amide bonds. The number of carbonyl (C=O) groups excluding carboxylic acids is 1. The van der Waals surface area contributed by atoms with E-state index in [1.54, 1.807) is 0 Å². The first-order valence-corrected chi connectivity index (χ1v) is 7.78. The van der Waals surface area contributed by atoms with Gasteiger partial charge in [0.15, 0.2) is 5.78 Å². The maximum Gasteiger partial charge on any atom is 0.197 e. The summed E-state index contributed by atoms with van der Waals surface area (Å²) in [4.78, 5) is 15.3. The number of nitrogens with zero attached hydrogens (tertiary/aromatic N) is 1. The summed E-state index contributed by atoms with van der Waals surface area (Å²) in [5, 5.41) is 1.95. The van der Waals surface area contributed by atoms with Crippen molar-refractivity contribution in [2.24, 2.45) is 0 Å². The Bertz CT molecular complexity index is 601. The van der Waals surface area contributed by atoms with Crippen LogP contribution in [0.5, 0.6) is 0 Å². The van der Waals surface area contributed by atoms with Gasteiger partial charge in [0, 0.05) is 24.9 Å². The predicted octanol–water partition coefficient (Wildman–Crippen LogP) is 4.11. The molecule has 0 N–H and O–H groups in total. The number of hydrogen-bond donors (Lipinski definition) is 0. The number of ketones is 1. The summed E-state index contributed by atoms with van der Waals surface area (Å²) in [6.07, 6.45) is 3.96. The van der Waals surface area contributed by atoms with Gasteiger partial charge < -0.3 is 4.90 Å². The second kappa shape index (κ2) is 6.06. The van der Waals surface area contributed by atoms with E-state index in [0.29, 0.717) is 0 Å². The summed E-state index contributed by atoms with van der Waals surface area (Å²) >= 11 is 1.51. The number of carbonyl (C=O) groups is 1. The van der Waals surface area contributed by atoms with Crippen LogP contribution in [0, 0.1) is 0 Å². The molecule has 0 saturated carbocycles. The lowest BCUT2D eigenvalue weighted by Crippen LogP contribution is -2.17. The fourth-order valence-corrected chi connectivity index (χ4v) is 3.18. The van der Waals surface area contributed by atoms with Crippen LogP contribution in [0.1, 0.15) is 28.1 Å². The number of allylic oxidation sites excluding steroid dienone is 2. The minimum Gasteiger partial charge on any atom is -0.370 e. The zero-order valence-corrected chi connectivity index (χ0v) is 12.1. The number of hydrogen-bond acceptors (Lipinski definition) is 3. The lowest BCUT2D eigenvalue weighted by molar-refractivity contribution is 0.104. The quantitative estimate of drug-likeness (QED) is 0.621. The third kappa shape index (κ3) is 2.99. The molecule has 1 aliphatic heterocycles. The summed E-state index contributed by atoms with van der Waals surface area (Å²) in [7, 11) is 0. The fraction of sp³-hybridized carbons (Fsp3) is 0.235. The molecule has 0 aliphatic carbocycles. The number of rotatable bonds is 4. The molecular formula is C17H17NOS. The summed E-state index contributed by atoms with van der Waals surface area (Å²) in [6, 6.07) is 14.2. The Balaban J connectivity index is 1.74. The van der Waals surface area contributed by atoms with Gasteiger partial charge in [-0.2, -0.15) is 0 Å². The number of thiophene rings is 1. The van der Waals surface area contributed by atoms with Crippen LogP contribution in [0.4, 0.5) is 0 Å². The molecule has 0 bridgehead atoms.